The molecule has 1 fully saturated rings. The number of likely N-dealkylation sites (tertiary alicyclic amines) is 1. The van der Waals surface area contributed by atoms with Crippen molar-refractivity contribution < 1.29 is 29.1 Å². The summed E-state index contributed by atoms with van der Waals surface area (Å²) in [6.07, 6.45) is 0.945. The Labute approximate surface area is 218 Å². The number of alkyl carbamates (subject to hydrolysis) is 1. The Balaban J connectivity index is 1.55. The van der Waals surface area contributed by atoms with Crippen LogP contribution in [-0.2, 0) is 16.1 Å². The maximum atomic E-state index is 13.0. The van der Waals surface area contributed by atoms with E-state index in [9.17, 15) is 19.5 Å². The third-order valence-electron chi connectivity index (χ3n) is 5.92. The summed E-state index contributed by atoms with van der Waals surface area (Å²) in [6.45, 7) is 10.5. The number of carbonyl (C=O) groups excluding carboxylic acids is 3. The van der Waals surface area contributed by atoms with Crippen molar-refractivity contribution in [3.05, 3.63) is 64.7 Å². The summed E-state index contributed by atoms with van der Waals surface area (Å²) in [5, 5.41) is 13.1. The molecule has 9 heteroatoms. The predicted molar refractivity (Wildman–Crippen MR) is 139 cm³/mol. The van der Waals surface area contributed by atoms with Gasteiger partial charge in [0, 0.05) is 25.2 Å². The number of amides is 3. The molecule has 1 saturated heterocycles. The van der Waals surface area contributed by atoms with Crippen molar-refractivity contribution in [2.45, 2.75) is 71.6 Å². The van der Waals surface area contributed by atoms with E-state index >= 15 is 0 Å². The fraction of sp³-hybridized carbons (Fsp3) is 0.464. The molecule has 37 heavy (non-hydrogen) atoms. The molecule has 0 radical (unpaired) electrons. The van der Waals surface area contributed by atoms with E-state index in [0.717, 1.165) is 18.4 Å². The molecule has 0 spiro atoms. The third-order valence-corrected chi connectivity index (χ3v) is 5.92. The van der Waals surface area contributed by atoms with Crippen LogP contribution in [0.4, 0.5) is 4.79 Å². The van der Waals surface area contributed by atoms with Gasteiger partial charge in [-0.3, -0.25) is 14.4 Å². The second kappa shape index (κ2) is 12.1. The Kier molecular flexibility index (Phi) is 9.15. The van der Waals surface area contributed by atoms with E-state index in [1.165, 1.54) is 17.7 Å². The van der Waals surface area contributed by atoms with Gasteiger partial charge in [-0.15, -0.1) is 0 Å². The molecule has 1 heterocycles. The third kappa shape index (κ3) is 8.21. The molecule has 3 N–H and O–H groups in total. The van der Waals surface area contributed by atoms with Crippen LogP contribution in [0.5, 0.6) is 5.75 Å². The molecule has 3 rings (SSSR count). The zero-order chi connectivity index (χ0) is 27.2. The number of benzene rings is 2. The van der Waals surface area contributed by atoms with Gasteiger partial charge < -0.3 is 20.1 Å². The van der Waals surface area contributed by atoms with Crippen molar-refractivity contribution in [2.75, 3.05) is 13.1 Å². The average molecular weight is 512 g/mol. The number of hydrogen-bond donors (Lipinski definition) is 3. The van der Waals surface area contributed by atoms with E-state index in [-0.39, 0.29) is 23.3 Å². The lowest BCUT2D eigenvalue weighted by molar-refractivity contribution is 0.0000309. The smallest absolute Gasteiger partial charge is 0.407 e. The van der Waals surface area contributed by atoms with Crippen LogP contribution in [-0.4, -0.2) is 52.7 Å². The van der Waals surface area contributed by atoms with Gasteiger partial charge in [-0.1, -0.05) is 24.3 Å². The van der Waals surface area contributed by atoms with E-state index in [2.05, 4.69) is 22.9 Å². The molecular weight excluding hydrogens is 474 g/mol. The van der Waals surface area contributed by atoms with Crippen LogP contribution in [0.2, 0.25) is 0 Å². The number of phenols is 1. The van der Waals surface area contributed by atoms with E-state index in [1.54, 1.807) is 24.8 Å². The first kappa shape index (κ1) is 28.0. The lowest BCUT2D eigenvalue weighted by Gasteiger charge is -2.32. The van der Waals surface area contributed by atoms with E-state index in [0.29, 0.717) is 31.1 Å². The second-order valence-corrected chi connectivity index (χ2v) is 10.5. The monoisotopic (exact) mass is 511 g/mol. The van der Waals surface area contributed by atoms with Gasteiger partial charge in [0.1, 0.15) is 11.4 Å². The number of nitrogens with zero attached hydrogens (tertiary/aromatic N) is 1. The van der Waals surface area contributed by atoms with Crippen molar-refractivity contribution in [1.29, 1.82) is 0 Å². The lowest BCUT2D eigenvalue weighted by atomic mass is 9.88. The molecule has 0 bridgehead atoms. The van der Waals surface area contributed by atoms with Gasteiger partial charge >= 0.3 is 6.09 Å². The van der Waals surface area contributed by atoms with Gasteiger partial charge in [-0.05, 0) is 82.7 Å². The molecule has 3 amide bonds. The summed E-state index contributed by atoms with van der Waals surface area (Å²) in [7, 11) is 0. The number of rotatable bonds is 7. The normalized spacial score (nSPS) is 14.4. The van der Waals surface area contributed by atoms with Crippen molar-refractivity contribution in [2.24, 2.45) is 0 Å². The van der Waals surface area contributed by atoms with Crippen molar-refractivity contribution >= 4 is 17.9 Å². The first-order chi connectivity index (χ1) is 17.4. The fourth-order valence-electron chi connectivity index (χ4n) is 4.13. The van der Waals surface area contributed by atoms with E-state index < -0.39 is 17.6 Å². The summed E-state index contributed by atoms with van der Waals surface area (Å²) in [4.78, 5) is 44.0. The molecule has 0 unspecified atom stereocenters. The molecule has 0 aliphatic carbocycles. The molecule has 0 aromatic heterocycles. The Bertz CT molecular complexity index is 1120. The number of hydroxylamine groups is 1. The van der Waals surface area contributed by atoms with Gasteiger partial charge in [-0.2, -0.15) is 0 Å². The standard InChI is InChI=1S/C28H37N3O6/c1-18(2)37-30-25(33)23-10-9-22(16-24(23)32)26(34)31-13-11-20(12-14-31)21-8-6-7-19(15-21)17-29-27(35)36-28(3,4)5/h6-10,15-16,18,20,32H,11-14,17H2,1-5H3,(H,29,35)(H,30,33). The van der Waals surface area contributed by atoms with Gasteiger partial charge in [0.15, 0.2) is 0 Å². The first-order valence-electron chi connectivity index (χ1n) is 12.6. The van der Waals surface area contributed by atoms with Crippen LogP contribution in [0.1, 0.15) is 85.2 Å². The van der Waals surface area contributed by atoms with Gasteiger partial charge in [0.25, 0.3) is 11.8 Å². The molecular formula is C28H37N3O6. The van der Waals surface area contributed by atoms with Crippen LogP contribution >= 0.6 is 0 Å². The largest absolute Gasteiger partial charge is 0.507 e. The molecule has 0 atom stereocenters. The summed E-state index contributed by atoms with van der Waals surface area (Å²) < 4.78 is 5.29. The molecule has 1 aliphatic rings. The molecule has 2 aromatic rings. The highest BCUT2D eigenvalue weighted by Gasteiger charge is 2.26. The highest BCUT2D eigenvalue weighted by molar-refractivity contribution is 5.99. The van der Waals surface area contributed by atoms with Crippen LogP contribution in [0.25, 0.3) is 0 Å². The maximum Gasteiger partial charge on any atom is 0.407 e. The lowest BCUT2D eigenvalue weighted by Crippen LogP contribution is -2.38. The van der Waals surface area contributed by atoms with Crippen LogP contribution in [0.3, 0.4) is 0 Å². The van der Waals surface area contributed by atoms with Crippen molar-refractivity contribution in [1.82, 2.24) is 15.7 Å². The number of aromatic hydroxyl groups is 1. The van der Waals surface area contributed by atoms with E-state index in [4.69, 9.17) is 9.57 Å². The number of phenolic OH excluding ortho intramolecular Hbond substituents is 1. The van der Waals surface area contributed by atoms with E-state index in [1.807, 2.05) is 32.9 Å². The molecule has 1 aliphatic heterocycles. The van der Waals surface area contributed by atoms with Gasteiger partial charge in [0.05, 0.1) is 11.7 Å². The average Bonchev–Trinajstić information content (AvgIpc) is 2.85. The fourth-order valence-corrected chi connectivity index (χ4v) is 4.13. The molecule has 2 aromatic carbocycles. The number of nitrogens with one attached hydrogen (secondary N) is 2. The maximum absolute atomic E-state index is 13.0. The minimum Gasteiger partial charge on any atom is -0.507 e. The van der Waals surface area contributed by atoms with Crippen molar-refractivity contribution in [3.8, 4) is 5.75 Å². The van der Waals surface area contributed by atoms with Gasteiger partial charge in [0.2, 0.25) is 0 Å². The minimum atomic E-state index is -0.575. The summed E-state index contributed by atoms with van der Waals surface area (Å²) in [6, 6.07) is 12.4. The molecule has 0 saturated carbocycles. The number of carbonyl (C=O) groups is 3. The first-order valence-corrected chi connectivity index (χ1v) is 12.6. The van der Waals surface area contributed by atoms with Gasteiger partial charge in [-0.25, -0.2) is 10.3 Å². The minimum absolute atomic E-state index is 0.0388. The van der Waals surface area contributed by atoms with Crippen LogP contribution in [0, 0.1) is 0 Å². The topological polar surface area (TPSA) is 117 Å². The Morgan fingerprint density at radius 1 is 1.08 bits per heavy atom. The number of piperidine rings is 1. The zero-order valence-corrected chi connectivity index (χ0v) is 22.2. The number of hydrogen-bond acceptors (Lipinski definition) is 6. The quantitative estimate of drug-likeness (QED) is 0.471. The van der Waals surface area contributed by atoms with Crippen LogP contribution in [0.15, 0.2) is 42.5 Å². The number of ether oxygens (including phenoxy) is 1. The van der Waals surface area contributed by atoms with Crippen LogP contribution < -0.4 is 10.8 Å². The summed E-state index contributed by atoms with van der Waals surface area (Å²) >= 11 is 0. The Morgan fingerprint density at radius 3 is 2.41 bits per heavy atom. The second-order valence-electron chi connectivity index (χ2n) is 10.5. The van der Waals surface area contributed by atoms with Crippen molar-refractivity contribution in [3.63, 3.8) is 0 Å². The summed E-state index contributed by atoms with van der Waals surface area (Å²) in [5.41, 5.74) is 4.26. The molecule has 200 valence electrons. The highest BCUT2D eigenvalue weighted by atomic mass is 16.7. The molecule has 9 nitrogen and oxygen atoms in total. The summed E-state index contributed by atoms with van der Waals surface area (Å²) in [5.74, 6) is -0.739. The Hall–Kier alpha value is -3.59. The Morgan fingerprint density at radius 2 is 1.78 bits per heavy atom. The SMILES string of the molecule is CC(C)ONC(=O)c1ccc(C(=O)N2CCC(c3cccc(CNC(=O)OC(C)(C)C)c3)CC2)cc1O. The predicted octanol–water partition coefficient (Wildman–Crippen LogP) is 4.51. The highest BCUT2D eigenvalue weighted by Crippen LogP contribution is 2.30. The zero-order valence-electron chi connectivity index (χ0n) is 22.2.